The number of likely N-dealkylation sites (N-methyl/N-ethyl adjacent to an activating group) is 1. The largest absolute Gasteiger partial charge is 0.363 e. The molecule has 0 radical (unpaired) electrons. The van der Waals surface area contributed by atoms with Gasteiger partial charge >= 0.3 is 0 Å². The smallest absolute Gasteiger partial charge is 0.132 e. The van der Waals surface area contributed by atoms with E-state index in [1.54, 1.807) is 14.1 Å². The molecule has 0 heterocycles. The minimum absolute atomic E-state index is 0.0910. The Hall–Kier alpha value is -1.68. The highest BCUT2D eigenvalue weighted by molar-refractivity contribution is 5.46. The second kappa shape index (κ2) is 7.47. The molecule has 0 spiro atoms. The minimum atomic E-state index is -0.112. The Morgan fingerprint density at radius 1 is 0.833 bits per heavy atom. The predicted octanol–water partition coefficient (Wildman–Crippen LogP) is 4.49. The number of hydrogen-bond donors (Lipinski definition) is 1. The van der Waals surface area contributed by atoms with Crippen LogP contribution in [0.25, 0.3) is 0 Å². The lowest BCUT2D eigenvalue weighted by atomic mass is 9.89. The van der Waals surface area contributed by atoms with E-state index in [0.29, 0.717) is 13.2 Å². The third-order valence-corrected chi connectivity index (χ3v) is 4.53. The number of hydrogen-bond acceptors (Lipinski definition) is 2. The van der Waals surface area contributed by atoms with Crippen molar-refractivity contribution in [3.63, 3.8) is 0 Å². The van der Waals surface area contributed by atoms with Crippen LogP contribution in [0.5, 0.6) is 0 Å². The van der Waals surface area contributed by atoms with Crippen LogP contribution in [0, 0.1) is 27.7 Å². The summed E-state index contributed by atoms with van der Waals surface area (Å²) in [7, 11) is 3.52. The molecule has 0 aliphatic rings. The summed E-state index contributed by atoms with van der Waals surface area (Å²) < 4.78 is 6.25. The predicted molar refractivity (Wildman–Crippen MR) is 98.4 cm³/mol. The monoisotopic (exact) mass is 328 g/mol. The zero-order valence-corrected chi connectivity index (χ0v) is 15.8. The molecule has 3 heteroatoms. The molecule has 2 aromatic carbocycles. The standard InChI is InChI=1S/C21H30NO2/c1-15-9-7-10-16(2)19(15)21(24-14-13-22(5,6)23)20-17(3)11-8-12-18(20)4/h7-12,21,23H,13-14H2,1-6H3/q+1. The van der Waals surface area contributed by atoms with E-state index in [1.165, 1.54) is 33.4 Å². The van der Waals surface area contributed by atoms with E-state index >= 15 is 0 Å². The Morgan fingerprint density at radius 2 is 1.21 bits per heavy atom. The Kier molecular flexibility index (Phi) is 5.81. The summed E-state index contributed by atoms with van der Waals surface area (Å²) in [6, 6.07) is 12.7. The van der Waals surface area contributed by atoms with Gasteiger partial charge < -0.3 is 4.74 Å². The van der Waals surface area contributed by atoms with Gasteiger partial charge in [-0.15, -0.1) is 0 Å². The Morgan fingerprint density at radius 3 is 1.54 bits per heavy atom. The van der Waals surface area contributed by atoms with Crippen molar-refractivity contribution in [2.24, 2.45) is 0 Å². The first-order valence-corrected chi connectivity index (χ1v) is 8.50. The van der Waals surface area contributed by atoms with Crippen molar-refractivity contribution >= 4 is 0 Å². The van der Waals surface area contributed by atoms with Crippen LogP contribution < -0.4 is 0 Å². The topological polar surface area (TPSA) is 29.5 Å². The lowest BCUT2D eigenvalue weighted by Gasteiger charge is -2.27. The van der Waals surface area contributed by atoms with E-state index in [4.69, 9.17) is 4.74 Å². The van der Waals surface area contributed by atoms with Crippen LogP contribution in [0.15, 0.2) is 36.4 Å². The van der Waals surface area contributed by atoms with Gasteiger partial charge in [-0.2, -0.15) is 4.65 Å². The fourth-order valence-electron chi connectivity index (χ4n) is 3.19. The highest BCUT2D eigenvalue weighted by Gasteiger charge is 2.23. The average molecular weight is 328 g/mol. The Labute approximate surface area is 146 Å². The van der Waals surface area contributed by atoms with Gasteiger partial charge in [0.25, 0.3) is 0 Å². The maximum atomic E-state index is 9.95. The van der Waals surface area contributed by atoms with Crippen LogP contribution in [0.2, 0.25) is 0 Å². The van der Waals surface area contributed by atoms with E-state index in [2.05, 4.69) is 64.1 Å². The van der Waals surface area contributed by atoms with Gasteiger partial charge in [-0.25, -0.2) is 5.21 Å². The molecule has 0 saturated carbocycles. The molecule has 0 amide bonds. The van der Waals surface area contributed by atoms with Crippen LogP contribution in [0.4, 0.5) is 0 Å². The first-order valence-electron chi connectivity index (χ1n) is 8.50. The van der Waals surface area contributed by atoms with Crippen molar-refractivity contribution in [1.82, 2.24) is 0 Å². The molecular weight excluding hydrogens is 298 g/mol. The normalized spacial score (nSPS) is 12.0. The molecule has 0 saturated heterocycles. The van der Waals surface area contributed by atoms with Gasteiger partial charge in [-0.1, -0.05) is 36.4 Å². The van der Waals surface area contributed by atoms with E-state index in [-0.39, 0.29) is 10.8 Å². The van der Waals surface area contributed by atoms with Crippen molar-refractivity contribution in [2.75, 3.05) is 27.2 Å². The first-order chi connectivity index (χ1) is 11.2. The maximum absolute atomic E-state index is 9.95. The van der Waals surface area contributed by atoms with Gasteiger partial charge in [0, 0.05) is 0 Å². The van der Waals surface area contributed by atoms with Crippen molar-refractivity contribution in [3.8, 4) is 0 Å². The number of ether oxygens (including phenoxy) is 1. The SMILES string of the molecule is Cc1cccc(C)c1C(OCC[N+](C)(C)O)c1c(C)cccc1C. The molecule has 0 bridgehead atoms. The summed E-state index contributed by atoms with van der Waals surface area (Å²) >= 11 is 0. The molecule has 0 fully saturated rings. The molecule has 0 aliphatic heterocycles. The number of benzene rings is 2. The lowest BCUT2D eigenvalue weighted by molar-refractivity contribution is -1.07. The highest BCUT2D eigenvalue weighted by atomic mass is 16.5. The Balaban J connectivity index is 2.46. The molecule has 130 valence electrons. The van der Waals surface area contributed by atoms with Crippen molar-refractivity contribution in [3.05, 3.63) is 69.8 Å². The summed E-state index contributed by atoms with van der Waals surface area (Å²) in [5, 5.41) is 9.95. The summed E-state index contributed by atoms with van der Waals surface area (Å²) in [4.78, 5) is 0. The molecule has 1 N–H and O–H groups in total. The molecule has 0 atom stereocenters. The second-order valence-electron chi connectivity index (χ2n) is 7.21. The van der Waals surface area contributed by atoms with E-state index in [0.717, 1.165) is 0 Å². The first kappa shape index (κ1) is 18.7. The van der Waals surface area contributed by atoms with Crippen molar-refractivity contribution < 1.29 is 14.6 Å². The molecule has 0 unspecified atom stereocenters. The number of nitrogens with zero attached hydrogens (tertiary/aromatic N) is 1. The number of quaternary nitrogens is 1. The zero-order chi connectivity index (χ0) is 17.9. The van der Waals surface area contributed by atoms with Gasteiger partial charge in [-0.3, -0.25) is 0 Å². The molecule has 3 nitrogen and oxygen atoms in total. The summed E-state index contributed by atoms with van der Waals surface area (Å²) in [5.41, 5.74) is 7.41. The maximum Gasteiger partial charge on any atom is 0.132 e. The summed E-state index contributed by atoms with van der Waals surface area (Å²) in [6.07, 6.45) is -0.112. The Bertz CT molecular complexity index is 609. The molecule has 0 aliphatic carbocycles. The van der Waals surface area contributed by atoms with Crippen LogP contribution in [-0.2, 0) is 4.74 Å². The molecular formula is C21H30NO2+. The third-order valence-electron chi connectivity index (χ3n) is 4.53. The molecule has 2 rings (SSSR count). The third kappa shape index (κ3) is 4.44. The van der Waals surface area contributed by atoms with Gasteiger partial charge in [-0.05, 0) is 61.1 Å². The number of rotatable bonds is 6. The summed E-state index contributed by atoms with van der Waals surface area (Å²) in [6.45, 7) is 9.59. The fraction of sp³-hybridized carbons (Fsp3) is 0.429. The average Bonchev–Trinajstić information content (AvgIpc) is 2.45. The number of hydroxylamine groups is 3. The molecule has 2 aromatic rings. The second-order valence-corrected chi connectivity index (χ2v) is 7.21. The van der Waals surface area contributed by atoms with E-state index < -0.39 is 0 Å². The van der Waals surface area contributed by atoms with Crippen LogP contribution in [-0.4, -0.2) is 37.1 Å². The summed E-state index contributed by atoms with van der Waals surface area (Å²) in [5.74, 6) is 0. The van der Waals surface area contributed by atoms with Gasteiger partial charge in [0.2, 0.25) is 0 Å². The van der Waals surface area contributed by atoms with Gasteiger partial charge in [0.05, 0.1) is 20.7 Å². The van der Waals surface area contributed by atoms with Crippen LogP contribution >= 0.6 is 0 Å². The fourth-order valence-corrected chi connectivity index (χ4v) is 3.19. The van der Waals surface area contributed by atoms with Crippen LogP contribution in [0.3, 0.4) is 0 Å². The molecule has 0 aromatic heterocycles. The quantitative estimate of drug-likeness (QED) is 0.625. The van der Waals surface area contributed by atoms with Crippen molar-refractivity contribution in [2.45, 2.75) is 33.8 Å². The lowest BCUT2D eigenvalue weighted by Crippen LogP contribution is -2.38. The highest BCUT2D eigenvalue weighted by Crippen LogP contribution is 2.34. The zero-order valence-electron chi connectivity index (χ0n) is 15.8. The number of aryl methyl sites for hydroxylation is 4. The van der Waals surface area contributed by atoms with Gasteiger partial charge in [0.1, 0.15) is 12.6 Å². The van der Waals surface area contributed by atoms with E-state index in [1.807, 2.05) is 0 Å². The molecule has 24 heavy (non-hydrogen) atoms. The van der Waals surface area contributed by atoms with E-state index in [9.17, 15) is 5.21 Å². The minimum Gasteiger partial charge on any atom is -0.363 e. The van der Waals surface area contributed by atoms with Crippen molar-refractivity contribution in [1.29, 1.82) is 0 Å². The van der Waals surface area contributed by atoms with Crippen LogP contribution in [0.1, 0.15) is 39.5 Å². The van der Waals surface area contributed by atoms with Gasteiger partial charge in [0.15, 0.2) is 0 Å².